The first-order valence-electron chi connectivity index (χ1n) is 6.73. The van der Waals surface area contributed by atoms with Gasteiger partial charge < -0.3 is 20.3 Å². The molecule has 2 atom stereocenters. The molecule has 6 nitrogen and oxygen atoms in total. The third kappa shape index (κ3) is 2.23. The van der Waals surface area contributed by atoms with Gasteiger partial charge in [-0.25, -0.2) is 0 Å². The fourth-order valence-electron chi connectivity index (χ4n) is 3.15. The molecule has 2 rings (SSSR count). The Kier molecular flexibility index (Phi) is 3.60. The van der Waals surface area contributed by atoms with Crippen molar-refractivity contribution in [1.82, 2.24) is 0 Å². The fourth-order valence-corrected chi connectivity index (χ4v) is 3.15. The Balaban J connectivity index is 2.67. The highest BCUT2D eigenvalue weighted by molar-refractivity contribution is 5.99. The van der Waals surface area contributed by atoms with Crippen LogP contribution >= 0.6 is 0 Å². The van der Waals surface area contributed by atoms with Gasteiger partial charge in [-0.15, -0.1) is 0 Å². The van der Waals surface area contributed by atoms with Crippen LogP contribution in [0.2, 0.25) is 0 Å². The van der Waals surface area contributed by atoms with Crippen LogP contribution in [0.5, 0.6) is 0 Å². The first-order chi connectivity index (χ1) is 9.67. The summed E-state index contributed by atoms with van der Waals surface area (Å²) in [5.74, 6) is 0.187. The van der Waals surface area contributed by atoms with Crippen molar-refractivity contribution >= 4 is 5.78 Å². The number of methoxy groups -OCH3 is 1. The highest BCUT2D eigenvalue weighted by atomic mass is 16.6. The maximum absolute atomic E-state index is 12.6. The minimum atomic E-state index is -1.36. The highest BCUT2D eigenvalue weighted by Gasteiger charge is 2.53. The molecule has 2 aliphatic rings. The molecule has 1 heterocycles. The van der Waals surface area contributed by atoms with Crippen molar-refractivity contribution in [2.45, 2.75) is 39.9 Å². The number of nitrogens with two attached hydrogens (primary N) is 1. The van der Waals surface area contributed by atoms with Gasteiger partial charge in [0.1, 0.15) is 17.4 Å². The molecule has 0 saturated heterocycles. The normalized spacial score (nSPS) is 29.6. The maximum Gasteiger partial charge on any atom is 0.205 e. The lowest BCUT2D eigenvalue weighted by Crippen LogP contribution is -2.46. The van der Waals surface area contributed by atoms with Crippen LogP contribution in [0.15, 0.2) is 22.8 Å². The second kappa shape index (κ2) is 4.86. The van der Waals surface area contributed by atoms with Gasteiger partial charge in [-0.2, -0.15) is 5.26 Å². The van der Waals surface area contributed by atoms with Crippen LogP contribution in [0, 0.1) is 22.2 Å². The van der Waals surface area contributed by atoms with Gasteiger partial charge in [-0.05, 0) is 12.3 Å². The monoisotopic (exact) mass is 292 g/mol. The first kappa shape index (κ1) is 15.5. The van der Waals surface area contributed by atoms with Gasteiger partial charge >= 0.3 is 0 Å². The molecule has 1 aliphatic carbocycles. The van der Waals surface area contributed by atoms with E-state index >= 15 is 0 Å². The van der Waals surface area contributed by atoms with E-state index in [0.717, 1.165) is 0 Å². The standard InChI is InChI=1S/C15H20N2O4/c1-14(2)5-9(18)11-10(6-14)21-12(17)8(7-16)15(11,3)13(19)20-4/h13,19H,5-6,17H2,1-4H3/t13-,15+/m1/s1. The molecule has 21 heavy (non-hydrogen) atoms. The Morgan fingerprint density at radius 2 is 2.05 bits per heavy atom. The molecule has 6 heteroatoms. The molecule has 0 amide bonds. The predicted octanol–water partition coefficient (Wildman–Crippen LogP) is 1.32. The number of ketones is 1. The fraction of sp³-hybridized carbons (Fsp3) is 0.600. The molecule has 0 radical (unpaired) electrons. The quantitative estimate of drug-likeness (QED) is 0.744. The second-order valence-corrected chi connectivity index (χ2v) is 6.48. The van der Waals surface area contributed by atoms with Gasteiger partial charge in [0.15, 0.2) is 12.1 Å². The first-order valence-corrected chi connectivity index (χ1v) is 6.73. The molecular formula is C15H20N2O4. The zero-order valence-electron chi connectivity index (χ0n) is 12.7. The minimum Gasteiger partial charge on any atom is -0.444 e. The number of carbonyl (C=O) groups excluding carboxylic acids is 1. The van der Waals surface area contributed by atoms with Crippen molar-refractivity contribution in [3.8, 4) is 6.07 Å². The lowest BCUT2D eigenvalue weighted by Gasteiger charge is -2.43. The Morgan fingerprint density at radius 1 is 1.43 bits per heavy atom. The van der Waals surface area contributed by atoms with E-state index in [1.54, 1.807) is 6.92 Å². The van der Waals surface area contributed by atoms with Crippen molar-refractivity contribution in [3.63, 3.8) is 0 Å². The number of hydrogen-bond acceptors (Lipinski definition) is 6. The molecule has 0 aromatic heterocycles. The number of Topliss-reactive ketones (excluding diaryl/α,β-unsaturated/α-hetero) is 1. The number of carbonyl (C=O) groups is 1. The number of aliphatic hydroxyl groups is 1. The summed E-state index contributed by atoms with van der Waals surface area (Å²) >= 11 is 0. The zero-order valence-corrected chi connectivity index (χ0v) is 12.7. The molecule has 3 N–H and O–H groups in total. The average molecular weight is 292 g/mol. The number of ether oxygens (including phenoxy) is 2. The van der Waals surface area contributed by atoms with Crippen LogP contribution in [0.25, 0.3) is 0 Å². The van der Waals surface area contributed by atoms with Gasteiger partial charge in [0.05, 0.1) is 5.41 Å². The summed E-state index contributed by atoms with van der Waals surface area (Å²) < 4.78 is 10.5. The van der Waals surface area contributed by atoms with Crippen LogP contribution in [-0.4, -0.2) is 24.3 Å². The number of rotatable bonds is 2. The molecule has 0 spiro atoms. The molecule has 0 bridgehead atoms. The number of nitrogens with zero attached hydrogens (tertiary/aromatic N) is 1. The molecule has 0 aromatic rings. The van der Waals surface area contributed by atoms with Crippen LogP contribution < -0.4 is 5.73 Å². The zero-order chi connectivity index (χ0) is 16.0. The Labute approximate surface area is 123 Å². The van der Waals surface area contributed by atoms with Crippen molar-refractivity contribution in [3.05, 3.63) is 22.8 Å². The van der Waals surface area contributed by atoms with Crippen LogP contribution in [-0.2, 0) is 14.3 Å². The number of nitriles is 1. The molecule has 0 aromatic carbocycles. The lowest BCUT2D eigenvalue weighted by atomic mass is 9.65. The summed E-state index contributed by atoms with van der Waals surface area (Å²) in [5, 5.41) is 19.6. The molecular weight excluding hydrogens is 272 g/mol. The number of aliphatic hydroxyl groups excluding tert-OH is 1. The van der Waals surface area contributed by atoms with E-state index in [0.29, 0.717) is 24.2 Å². The van der Waals surface area contributed by atoms with E-state index in [1.165, 1.54) is 7.11 Å². The van der Waals surface area contributed by atoms with Crippen molar-refractivity contribution in [1.29, 1.82) is 5.26 Å². The Morgan fingerprint density at radius 3 is 2.57 bits per heavy atom. The van der Waals surface area contributed by atoms with Gasteiger partial charge in [0, 0.05) is 25.5 Å². The largest absolute Gasteiger partial charge is 0.444 e. The minimum absolute atomic E-state index is 0.0173. The van der Waals surface area contributed by atoms with Gasteiger partial charge in [0.25, 0.3) is 0 Å². The SMILES string of the molecule is CO[C@@H](O)[C@@]1(C)C(C#N)=C(N)OC2=C1C(=O)CC(C)(C)C2. The van der Waals surface area contributed by atoms with Gasteiger partial charge in [0.2, 0.25) is 5.88 Å². The Hall–Kier alpha value is -1.84. The summed E-state index contributed by atoms with van der Waals surface area (Å²) in [4.78, 5) is 12.6. The van der Waals surface area contributed by atoms with E-state index in [-0.39, 0.29) is 22.7 Å². The molecule has 114 valence electrons. The van der Waals surface area contributed by atoms with Gasteiger partial charge in [-0.1, -0.05) is 13.8 Å². The van der Waals surface area contributed by atoms with Crippen LogP contribution in [0.3, 0.4) is 0 Å². The predicted molar refractivity (Wildman–Crippen MR) is 74.1 cm³/mol. The average Bonchev–Trinajstić information content (AvgIpc) is 2.35. The number of allylic oxidation sites excluding steroid dienone is 1. The molecule has 1 aliphatic heterocycles. The summed E-state index contributed by atoms with van der Waals surface area (Å²) in [6, 6.07) is 1.94. The summed E-state index contributed by atoms with van der Waals surface area (Å²) in [5.41, 5.74) is 4.57. The molecule has 0 saturated carbocycles. The summed E-state index contributed by atoms with van der Waals surface area (Å²) in [6.45, 7) is 5.50. The van der Waals surface area contributed by atoms with Crippen molar-refractivity contribution in [2.24, 2.45) is 16.6 Å². The second-order valence-electron chi connectivity index (χ2n) is 6.48. The van der Waals surface area contributed by atoms with E-state index in [2.05, 4.69) is 0 Å². The topological polar surface area (TPSA) is 106 Å². The van der Waals surface area contributed by atoms with Crippen molar-refractivity contribution in [2.75, 3.05) is 7.11 Å². The van der Waals surface area contributed by atoms with E-state index in [1.807, 2.05) is 19.9 Å². The molecule has 0 fully saturated rings. The third-order valence-electron chi connectivity index (χ3n) is 4.18. The van der Waals surface area contributed by atoms with Crippen LogP contribution in [0.1, 0.15) is 33.6 Å². The van der Waals surface area contributed by atoms with Gasteiger partial charge in [-0.3, -0.25) is 4.79 Å². The number of hydrogen-bond donors (Lipinski definition) is 2. The van der Waals surface area contributed by atoms with E-state index in [9.17, 15) is 15.2 Å². The molecule has 0 unspecified atom stereocenters. The highest BCUT2D eigenvalue weighted by Crippen LogP contribution is 2.51. The summed E-state index contributed by atoms with van der Waals surface area (Å²) in [7, 11) is 1.31. The lowest BCUT2D eigenvalue weighted by molar-refractivity contribution is -0.140. The Bertz CT molecular complexity index is 597. The summed E-state index contributed by atoms with van der Waals surface area (Å²) in [6.07, 6.45) is -0.524. The van der Waals surface area contributed by atoms with E-state index in [4.69, 9.17) is 15.2 Å². The van der Waals surface area contributed by atoms with Crippen LogP contribution in [0.4, 0.5) is 0 Å². The smallest absolute Gasteiger partial charge is 0.205 e. The maximum atomic E-state index is 12.6. The van der Waals surface area contributed by atoms with Crippen molar-refractivity contribution < 1.29 is 19.4 Å². The third-order valence-corrected chi connectivity index (χ3v) is 4.18. The van der Waals surface area contributed by atoms with E-state index < -0.39 is 11.7 Å².